The molecule has 28 heavy (non-hydrogen) atoms. The van der Waals surface area contributed by atoms with E-state index in [9.17, 15) is 15.3 Å². The zero-order chi connectivity index (χ0) is 21.4. The Morgan fingerprint density at radius 3 is 2.25 bits per heavy atom. The number of imidazole rings is 1. The maximum absolute atomic E-state index is 11.0. The molecule has 1 rings (SSSR count). The van der Waals surface area contributed by atoms with Crippen molar-refractivity contribution in [1.82, 2.24) is 20.2 Å². The second-order valence-corrected chi connectivity index (χ2v) is 7.66. The lowest BCUT2D eigenvalue weighted by molar-refractivity contribution is -0.396. The molecule has 11 nitrogen and oxygen atoms in total. The van der Waals surface area contributed by atoms with E-state index in [1.807, 2.05) is 27.7 Å². The highest BCUT2D eigenvalue weighted by Crippen LogP contribution is 2.13. The minimum atomic E-state index is -0.653. The number of nitrogens with one attached hydrogen (secondary N) is 2. The van der Waals surface area contributed by atoms with Crippen molar-refractivity contribution in [3.8, 4) is 0 Å². The maximum Gasteiger partial charge on any atom is 0.434 e. The Bertz CT molecular complexity index is 710. The van der Waals surface area contributed by atoms with Crippen molar-refractivity contribution in [1.29, 1.82) is 0 Å². The molecular formula is C17H31N7O4. The Morgan fingerprint density at radius 1 is 1.18 bits per heavy atom. The Labute approximate surface area is 164 Å². The number of unbranched alkanes of at least 4 members (excludes halogenated alkanes) is 1. The predicted molar refractivity (Wildman–Crippen MR) is 106 cm³/mol. The first-order valence-corrected chi connectivity index (χ1v) is 9.11. The molecule has 0 bridgehead atoms. The van der Waals surface area contributed by atoms with Crippen LogP contribution in [0.4, 0.5) is 5.95 Å². The fraction of sp³-hybridized carbons (Fsp3) is 0.706. The van der Waals surface area contributed by atoms with Gasteiger partial charge in [0.05, 0.1) is 16.8 Å². The number of rotatable bonds is 12. The van der Waals surface area contributed by atoms with Gasteiger partial charge in [-0.05, 0) is 65.5 Å². The van der Waals surface area contributed by atoms with E-state index in [1.165, 1.54) is 17.0 Å². The summed E-state index contributed by atoms with van der Waals surface area (Å²) in [4.78, 5) is 14.1. The molecule has 0 aliphatic carbocycles. The average molecular weight is 397 g/mol. The Balaban J connectivity index is 2.49. The van der Waals surface area contributed by atoms with Gasteiger partial charge < -0.3 is 31.2 Å². The summed E-state index contributed by atoms with van der Waals surface area (Å²) in [6.45, 7) is 10.9. The van der Waals surface area contributed by atoms with E-state index >= 15 is 0 Å². The van der Waals surface area contributed by atoms with E-state index < -0.39 is 10.5 Å². The molecular weight excluding hydrogens is 366 g/mol. The van der Waals surface area contributed by atoms with Crippen molar-refractivity contribution >= 4 is 17.4 Å². The van der Waals surface area contributed by atoms with Gasteiger partial charge in [-0.2, -0.15) is 0 Å². The van der Waals surface area contributed by atoms with Crippen molar-refractivity contribution < 1.29 is 15.3 Å². The molecule has 0 unspecified atom stereocenters. The number of hydrogen-bond acceptors (Lipinski definition) is 9. The summed E-state index contributed by atoms with van der Waals surface area (Å²) in [5.41, 5.74) is -0.0518. The highest BCUT2D eigenvalue weighted by atomic mass is 16.6. The van der Waals surface area contributed by atoms with Crippen LogP contribution in [-0.2, 0) is 6.54 Å². The molecule has 0 fully saturated rings. The Hall–Kier alpha value is -2.53. The fourth-order valence-electron chi connectivity index (χ4n) is 2.52. The third-order valence-corrected chi connectivity index (χ3v) is 4.81. The van der Waals surface area contributed by atoms with Crippen molar-refractivity contribution in [3.05, 3.63) is 22.5 Å². The molecule has 0 aliphatic heterocycles. The van der Waals surface area contributed by atoms with E-state index in [4.69, 9.17) is 5.21 Å². The molecule has 0 radical (unpaired) electrons. The third kappa shape index (κ3) is 6.57. The zero-order valence-corrected chi connectivity index (χ0v) is 17.1. The van der Waals surface area contributed by atoms with Gasteiger partial charge in [-0.25, -0.2) is 4.57 Å². The van der Waals surface area contributed by atoms with Crippen LogP contribution in [0.25, 0.3) is 0 Å². The Morgan fingerprint density at radius 2 is 1.75 bits per heavy atom. The highest BCUT2D eigenvalue weighted by Gasteiger charge is 2.28. The predicted octanol–water partition coefficient (Wildman–Crippen LogP) is 1.99. The second-order valence-electron chi connectivity index (χ2n) is 7.66. The molecule has 0 atom stereocenters. The number of oxime groups is 2. The number of hydrogen-bond donors (Lipinski definition) is 4. The SMILES string of the molecule is CC(=NO)C(C)(C)NCCCCNC(C)(C)C(Cn1ccnc1[N+](=O)[O-])=NO. The van der Waals surface area contributed by atoms with Crippen LogP contribution in [0.1, 0.15) is 47.5 Å². The van der Waals surface area contributed by atoms with Crippen LogP contribution in [0.2, 0.25) is 0 Å². The van der Waals surface area contributed by atoms with E-state index in [0.29, 0.717) is 18.0 Å². The van der Waals surface area contributed by atoms with E-state index in [0.717, 1.165) is 19.4 Å². The maximum atomic E-state index is 11.0. The number of nitro groups is 1. The monoisotopic (exact) mass is 397 g/mol. The quantitative estimate of drug-likeness (QED) is 0.138. The first kappa shape index (κ1) is 23.5. The Kier molecular flexibility index (Phi) is 8.51. The van der Waals surface area contributed by atoms with Crippen molar-refractivity contribution in [2.75, 3.05) is 13.1 Å². The summed E-state index contributed by atoms with van der Waals surface area (Å²) < 4.78 is 1.33. The normalized spacial score (nSPS) is 13.8. The molecule has 0 spiro atoms. The van der Waals surface area contributed by atoms with Crippen LogP contribution in [0.15, 0.2) is 22.7 Å². The third-order valence-electron chi connectivity index (χ3n) is 4.81. The second kappa shape index (κ2) is 10.1. The van der Waals surface area contributed by atoms with Gasteiger partial charge in [0.1, 0.15) is 24.7 Å². The molecule has 0 aliphatic rings. The number of aromatic nitrogens is 2. The summed E-state index contributed by atoms with van der Waals surface area (Å²) in [7, 11) is 0. The lowest BCUT2D eigenvalue weighted by atomic mass is 9.97. The first-order chi connectivity index (χ1) is 13.0. The molecule has 0 saturated heterocycles. The van der Waals surface area contributed by atoms with Gasteiger partial charge in [-0.1, -0.05) is 15.3 Å². The van der Waals surface area contributed by atoms with Gasteiger partial charge in [0.25, 0.3) is 0 Å². The minimum Gasteiger partial charge on any atom is -0.411 e. The van der Waals surface area contributed by atoms with Gasteiger partial charge >= 0.3 is 5.95 Å². The summed E-state index contributed by atoms with van der Waals surface area (Å²) in [5.74, 6) is -0.299. The summed E-state index contributed by atoms with van der Waals surface area (Å²) in [6.07, 6.45) is 4.57. The average Bonchev–Trinajstić information content (AvgIpc) is 3.10. The molecule has 1 heterocycles. The molecule has 11 heteroatoms. The topological polar surface area (TPSA) is 150 Å². The summed E-state index contributed by atoms with van der Waals surface area (Å²) >= 11 is 0. The molecule has 1 aromatic rings. The van der Waals surface area contributed by atoms with Crippen LogP contribution < -0.4 is 10.6 Å². The molecule has 4 N–H and O–H groups in total. The lowest BCUT2D eigenvalue weighted by Crippen LogP contribution is -2.49. The highest BCUT2D eigenvalue weighted by molar-refractivity contribution is 5.92. The van der Waals surface area contributed by atoms with E-state index in [-0.39, 0.29) is 18.0 Å². The number of nitrogens with zero attached hydrogens (tertiary/aromatic N) is 5. The summed E-state index contributed by atoms with van der Waals surface area (Å²) in [5, 5.41) is 42.5. The van der Waals surface area contributed by atoms with Crippen molar-refractivity contribution in [2.24, 2.45) is 10.3 Å². The van der Waals surface area contributed by atoms with Crippen molar-refractivity contribution in [2.45, 2.75) is 65.1 Å². The fourth-order valence-corrected chi connectivity index (χ4v) is 2.52. The summed E-state index contributed by atoms with van der Waals surface area (Å²) in [6, 6.07) is 0. The largest absolute Gasteiger partial charge is 0.434 e. The van der Waals surface area contributed by atoms with Crippen LogP contribution in [-0.4, -0.2) is 60.5 Å². The van der Waals surface area contributed by atoms with Crippen LogP contribution in [0.3, 0.4) is 0 Å². The standard InChI is InChI=1S/C17H31N7O4/c1-13(21-25)16(2,3)19-8-6-7-9-20-17(4,5)14(22-26)12-23-11-10-18-15(23)24(27)28/h10-11,19-20,25-26H,6-9,12H2,1-5H3. The van der Waals surface area contributed by atoms with Gasteiger partial charge in [-0.15, -0.1) is 0 Å². The molecule has 0 saturated carbocycles. The molecule has 0 aromatic carbocycles. The van der Waals surface area contributed by atoms with Gasteiger partial charge in [0.2, 0.25) is 0 Å². The van der Waals surface area contributed by atoms with Crippen LogP contribution >= 0.6 is 0 Å². The van der Waals surface area contributed by atoms with Gasteiger partial charge in [0.15, 0.2) is 0 Å². The lowest BCUT2D eigenvalue weighted by Gasteiger charge is -2.27. The van der Waals surface area contributed by atoms with Crippen molar-refractivity contribution in [3.63, 3.8) is 0 Å². The van der Waals surface area contributed by atoms with Crippen LogP contribution in [0, 0.1) is 10.1 Å². The molecule has 1 aromatic heterocycles. The van der Waals surface area contributed by atoms with Gasteiger partial charge in [0, 0.05) is 0 Å². The van der Waals surface area contributed by atoms with Crippen LogP contribution in [0.5, 0.6) is 0 Å². The smallest absolute Gasteiger partial charge is 0.411 e. The van der Waals surface area contributed by atoms with E-state index in [2.05, 4.69) is 25.9 Å². The van der Waals surface area contributed by atoms with Gasteiger partial charge in [-0.3, -0.25) is 0 Å². The zero-order valence-electron chi connectivity index (χ0n) is 17.1. The van der Waals surface area contributed by atoms with E-state index in [1.54, 1.807) is 6.92 Å². The minimum absolute atomic E-state index is 0.0579. The first-order valence-electron chi connectivity index (χ1n) is 9.11. The molecule has 158 valence electrons. The molecule has 0 amide bonds.